The number of carbonyl (C=O) groups excluding carboxylic acids is 1. The lowest BCUT2D eigenvalue weighted by Gasteiger charge is -2.40. The van der Waals surface area contributed by atoms with E-state index in [4.69, 9.17) is 4.74 Å². The van der Waals surface area contributed by atoms with Gasteiger partial charge in [0, 0.05) is 31.6 Å². The van der Waals surface area contributed by atoms with Gasteiger partial charge in [-0.25, -0.2) is 4.79 Å². The fourth-order valence-corrected chi connectivity index (χ4v) is 4.03. The minimum atomic E-state index is -0.420. The summed E-state index contributed by atoms with van der Waals surface area (Å²) in [7, 11) is 0. The quantitative estimate of drug-likeness (QED) is 0.824. The molecule has 1 amide bonds. The summed E-state index contributed by atoms with van der Waals surface area (Å²) in [4.78, 5) is 16.9. The Bertz CT molecular complexity index is 567. The smallest absolute Gasteiger partial charge is 0.410 e. The van der Waals surface area contributed by atoms with Crippen LogP contribution in [0, 0.1) is 5.41 Å². The first-order valence-corrected chi connectivity index (χ1v) is 9.10. The van der Waals surface area contributed by atoms with Crippen molar-refractivity contribution in [3.8, 4) is 0 Å². The molecule has 1 spiro atoms. The average molecular weight is 330 g/mol. The second-order valence-corrected chi connectivity index (χ2v) is 8.45. The molecule has 0 unspecified atom stereocenters. The van der Waals surface area contributed by atoms with E-state index in [-0.39, 0.29) is 11.5 Å². The zero-order valence-corrected chi connectivity index (χ0v) is 15.3. The Morgan fingerprint density at radius 1 is 1.12 bits per heavy atom. The van der Waals surface area contributed by atoms with Gasteiger partial charge >= 0.3 is 6.09 Å². The van der Waals surface area contributed by atoms with Crippen LogP contribution in [0.2, 0.25) is 0 Å². The first kappa shape index (κ1) is 17.3. The van der Waals surface area contributed by atoms with Crippen LogP contribution in [0.5, 0.6) is 0 Å². The summed E-state index contributed by atoms with van der Waals surface area (Å²) in [6.45, 7) is 10.7. The Balaban J connectivity index is 1.59. The molecule has 0 N–H and O–H groups in total. The molecule has 24 heavy (non-hydrogen) atoms. The van der Waals surface area contributed by atoms with Crippen molar-refractivity contribution in [3.63, 3.8) is 0 Å². The maximum atomic E-state index is 12.4. The molecule has 132 valence electrons. The lowest BCUT2D eigenvalue weighted by molar-refractivity contribution is 0.00532. The largest absolute Gasteiger partial charge is 0.444 e. The molecule has 2 saturated heterocycles. The fraction of sp³-hybridized carbons (Fsp3) is 0.650. The van der Waals surface area contributed by atoms with Gasteiger partial charge in [0.2, 0.25) is 0 Å². The van der Waals surface area contributed by atoms with Crippen molar-refractivity contribution >= 4 is 6.09 Å². The van der Waals surface area contributed by atoms with Crippen LogP contribution in [0.1, 0.15) is 45.6 Å². The van der Waals surface area contributed by atoms with E-state index in [9.17, 15) is 4.79 Å². The van der Waals surface area contributed by atoms with Crippen LogP contribution in [0.15, 0.2) is 30.3 Å². The van der Waals surface area contributed by atoms with Crippen LogP contribution in [0.25, 0.3) is 0 Å². The normalized spacial score (nSPS) is 25.2. The summed E-state index contributed by atoms with van der Waals surface area (Å²) in [6.07, 6.45) is 3.33. The van der Waals surface area contributed by atoms with Gasteiger partial charge in [-0.2, -0.15) is 0 Å². The van der Waals surface area contributed by atoms with Crippen LogP contribution < -0.4 is 0 Å². The summed E-state index contributed by atoms with van der Waals surface area (Å²) in [5.74, 6) is 0. The third-order valence-electron chi connectivity index (χ3n) is 5.08. The minimum Gasteiger partial charge on any atom is -0.444 e. The van der Waals surface area contributed by atoms with Crippen molar-refractivity contribution in [1.29, 1.82) is 0 Å². The molecule has 2 fully saturated rings. The van der Waals surface area contributed by atoms with E-state index in [0.717, 1.165) is 39.1 Å². The van der Waals surface area contributed by atoms with E-state index in [1.54, 1.807) is 0 Å². The number of benzene rings is 1. The highest BCUT2D eigenvalue weighted by atomic mass is 16.6. The van der Waals surface area contributed by atoms with E-state index in [1.807, 2.05) is 25.7 Å². The highest BCUT2D eigenvalue weighted by Crippen LogP contribution is 2.39. The topological polar surface area (TPSA) is 32.8 Å². The number of likely N-dealkylation sites (tertiary alicyclic amines) is 2. The summed E-state index contributed by atoms with van der Waals surface area (Å²) < 4.78 is 5.58. The number of ether oxygens (including phenoxy) is 1. The molecule has 2 aliphatic rings. The SMILES string of the molecule is CC(C)(C)OC(=O)N1CCC[C@]2(CCN(Cc3ccccc3)C2)C1. The zero-order chi connectivity index (χ0) is 17.2. The van der Waals surface area contributed by atoms with Crippen molar-refractivity contribution in [2.45, 2.75) is 52.2 Å². The van der Waals surface area contributed by atoms with Crippen LogP contribution >= 0.6 is 0 Å². The third-order valence-corrected chi connectivity index (χ3v) is 5.08. The van der Waals surface area contributed by atoms with Gasteiger partial charge in [-0.3, -0.25) is 4.90 Å². The Labute approximate surface area is 145 Å². The summed E-state index contributed by atoms with van der Waals surface area (Å²) in [5, 5.41) is 0. The molecule has 0 radical (unpaired) electrons. The van der Waals surface area contributed by atoms with E-state index in [1.165, 1.54) is 18.4 Å². The molecule has 1 atom stereocenters. The predicted molar refractivity (Wildman–Crippen MR) is 95.8 cm³/mol. The van der Waals surface area contributed by atoms with Crippen molar-refractivity contribution in [1.82, 2.24) is 9.80 Å². The Hall–Kier alpha value is -1.55. The molecule has 2 aliphatic heterocycles. The fourth-order valence-electron chi connectivity index (χ4n) is 4.03. The van der Waals surface area contributed by atoms with Gasteiger partial charge < -0.3 is 9.64 Å². The Morgan fingerprint density at radius 3 is 2.58 bits per heavy atom. The zero-order valence-electron chi connectivity index (χ0n) is 15.3. The van der Waals surface area contributed by atoms with Crippen molar-refractivity contribution in [3.05, 3.63) is 35.9 Å². The molecule has 1 aromatic rings. The highest BCUT2D eigenvalue weighted by Gasteiger charge is 2.43. The minimum absolute atomic E-state index is 0.150. The molecule has 3 rings (SSSR count). The van der Waals surface area contributed by atoms with Crippen LogP contribution in [0.4, 0.5) is 4.79 Å². The van der Waals surface area contributed by atoms with Gasteiger partial charge in [0.05, 0.1) is 0 Å². The van der Waals surface area contributed by atoms with E-state index in [2.05, 4.69) is 35.2 Å². The first-order valence-electron chi connectivity index (χ1n) is 9.10. The number of amides is 1. The maximum absolute atomic E-state index is 12.4. The van der Waals surface area contributed by atoms with Gasteiger partial charge in [-0.1, -0.05) is 30.3 Å². The number of nitrogens with zero attached hydrogens (tertiary/aromatic N) is 2. The average Bonchev–Trinajstić information content (AvgIpc) is 2.89. The van der Waals surface area contributed by atoms with Crippen molar-refractivity contribution < 1.29 is 9.53 Å². The molecular formula is C20H30N2O2. The van der Waals surface area contributed by atoms with E-state index >= 15 is 0 Å². The summed E-state index contributed by atoms with van der Waals surface area (Å²) >= 11 is 0. The number of hydrogen-bond acceptors (Lipinski definition) is 3. The van der Waals surface area contributed by atoms with Gasteiger partial charge in [-0.15, -0.1) is 0 Å². The lowest BCUT2D eigenvalue weighted by atomic mass is 9.79. The van der Waals surface area contributed by atoms with E-state index < -0.39 is 5.60 Å². The molecular weight excluding hydrogens is 300 g/mol. The van der Waals surface area contributed by atoms with Crippen LogP contribution in [-0.2, 0) is 11.3 Å². The number of piperidine rings is 1. The molecule has 2 heterocycles. The molecule has 0 saturated carbocycles. The second-order valence-electron chi connectivity index (χ2n) is 8.45. The molecule has 0 aromatic heterocycles. The molecule has 0 bridgehead atoms. The number of hydrogen-bond donors (Lipinski definition) is 0. The predicted octanol–water partition coefficient (Wildman–Crippen LogP) is 3.91. The highest BCUT2D eigenvalue weighted by molar-refractivity contribution is 5.68. The molecule has 0 aliphatic carbocycles. The van der Waals surface area contributed by atoms with Gasteiger partial charge in [0.15, 0.2) is 0 Å². The summed E-state index contributed by atoms with van der Waals surface area (Å²) in [6, 6.07) is 10.7. The lowest BCUT2D eigenvalue weighted by Crippen LogP contribution is -2.48. The Kier molecular flexibility index (Phi) is 4.86. The molecule has 4 nitrogen and oxygen atoms in total. The van der Waals surface area contributed by atoms with Gasteiger partial charge in [0.1, 0.15) is 5.60 Å². The van der Waals surface area contributed by atoms with Crippen molar-refractivity contribution in [2.24, 2.45) is 5.41 Å². The number of carbonyl (C=O) groups is 1. The molecule has 4 heteroatoms. The molecule has 1 aromatic carbocycles. The van der Waals surface area contributed by atoms with Crippen LogP contribution in [-0.4, -0.2) is 47.7 Å². The monoisotopic (exact) mass is 330 g/mol. The second kappa shape index (κ2) is 6.75. The maximum Gasteiger partial charge on any atom is 0.410 e. The van der Waals surface area contributed by atoms with E-state index in [0.29, 0.717) is 0 Å². The Morgan fingerprint density at radius 2 is 1.88 bits per heavy atom. The standard InChI is InChI=1S/C20H30N2O2/c1-19(2,3)24-18(23)22-12-7-10-20(16-22)11-13-21(15-20)14-17-8-5-4-6-9-17/h4-6,8-9H,7,10-16H2,1-3H3/t20-/m1/s1. The van der Waals surface area contributed by atoms with Crippen LogP contribution in [0.3, 0.4) is 0 Å². The van der Waals surface area contributed by atoms with Gasteiger partial charge in [0.25, 0.3) is 0 Å². The summed E-state index contributed by atoms with van der Waals surface area (Å²) in [5.41, 5.74) is 1.20. The number of rotatable bonds is 2. The van der Waals surface area contributed by atoms with Gasteiger partial charge in [-0.05, 0) is 52.1 Å². The van der Waals surface area contributed by atoms with Crippen molar-refractivity contribution in [2.75, 3.05) is 26.2 Å². The third kappa shape index (κ3) is 4.29. The first-order chi connectivity index (χ1) is 11.4.